The topological polar surface area (TPSA) is 33.2 Å². The molecule has 0 aliphatic carbocycles. The molecule has 0 radical (unpaired) electrons. The largest absolute Gasteiger partial charge is 0.332 e. The number of pyridine rings is 1. The average molecular weight is 296 g/mol. The van der Waals surface area contributed by atoms with Gasteiger partial charge in [-0.25, -0.2) is 0 Å². The fourth-order valence-electron chi connectivity index (χ4n) is 2.50. The van der Waals surface area contributed by atoms with Gasteiger partial charge in [0.2, 0.25) is 0 Å². The van der Waals surface area contributed by atoms with Crippen LogP contribution >= 0.6 is 0 Å². The van der Waals surface area contributed by atoms with Gasteiger partial charge < -0.3 is 4.90 Å². The first-order valence-electron chi connectivity index (χ1n) is 7.82. The molecule has 22 heavy (non-hydrogen) atoms. The highest BCUT2D eigenvalue weighted by Gasteiger charge is 2.22. The highest BCUT2D eigenvalue weighted by Crippen LogP contribution is 2.17. The van der Waals surface area contributed by atoms with Crippen LogP contribution in [0.15, 0.2) is 42.5 Å². The van der Waals surface area contributed by atoms with E-state index in [-0.39, 0.29) is 11.9 Å². The summed E-state index contributed by atoms with van der Waals surface area (Å²) in [5, 5.41) is 0. The number of hydrogen-bond acceptors (Lipinski definition) is 2. The Labute approximate surface area is 133 Å². The molecule has 1 atom stereocenters. The van der Waals surface area contributed by atoms with Crippen LogP contribution in [-0.2, 0) is 6.54 Å². The fourth-order valence-corrected chi connectivity index (χ4v) is 2.50. The number of aromatic nitrogens is 1. The van der Waals surface area contributed by atoms with Crippen LogP contribution < -0.4 is 0 Å². The van der Waals surface area contributed by atoms with Gasteiger partial charge in [0.1, 0.15) is 0 Å². The molecule has 1 heterocycles. The molecule has 3 heteroatoms. The lowest BCUT2D eigenvalue weighted by atomic mass is 10.1. The predicted octanol–water partition coefficient (Wildman–Crippen LogP) is 4.14. The Morgan fingerprint density at radius 1 is 1.14 bits per heavy atom. The van der Waals surface area contributed by atoms with Crippen molar-refractivity contribution in [3.8, 4) is 0 Å². The minimum absolute atomic E-state index is 0.0585. The minimum Gasteiger partial charge on any atom is -0.332 e. The van der Waals surface area contributed by atoms with E-state index in [1.807, 2.05) is 49.1 Å². The average Bonchev–Trinajstić information content (AvgIpc) is 2.52. The van der Waals surface area contributed by atoms with E-state index in [0.29, 0.717) is 12.1 Å². The summed E-state index contributed by atoms with van der Waals surface area (Å²) < 4.78 is 0. The number of hydrogen-bond donors (Lipinski definition) is 0. The van der Waals surface area contributed by atoms with Crippen LogP contribution in [0.1, 0.15) is 47.6 Å². The molecule has 0 aliphatic heterocycles. The molecule has 2 rings (SSSR count). The van der Waals surface area contributed by atoms with Gasteiger partial charge in [0.15, 0.2) is 0 Å². The molecule has 0 N–H and O–H groups in total. The molecule has 2 aromatic rings. The second kappa shape index (κ2) is 7.21. The van der Waals surface area contributed by atoms with Crippen LogP contribution in [0.5, 0.6) is 0 Å². The van der Waals surface area contributed by atoms with Crippen molar-refractivity contribution in [3.05, 3.63) is 65.0 Å². The van der Waals surface area contributed by atoms with Crippen molar-refractivity contribution in [1.29, 1.82) is 0 Å². The van der Waals surface area contributed by atoms with E-state index in [4.69, 9.17) is 0 Å². The molecule has 0 aliphatic rings. The Kier molecular flexibility index (Phi) is 5.31. The van der Waals surface area contributed by atoms with E-state index in [9.17, 15) is 4.79 Å². The quantitative estimate of drug-likeness (QED) is 0.831. The van der Waals surface area contributed by atoms with E-state index in [2.05, 4.69) is 31.0 Å². The minimum atomic E-state index is 0.0585. The molecule has 1 amide bonds. The number of nitrogens with zero attached hydrogens (tertiary/aromatic N) is 2. The van der Waals surface area contributed by atoms with Gasteiger partial charge in [-0.15, -0.1) is 0 Å². The van der Waals surface area contributed by atoms with Crippen molar-refractivity contribution in [2.45, 2.75) is 46.7 Å². The summed E-state index contributed by atoms with van der Waals surface area (Å²) in [7, 11) is 0. The summed E-state index contributed by atoms with van der Waals surface area (Å²) in [6.07, 6.45) is 0.927. The van der Waals surface area contributed by atoms with Gasteiger partial charge >= 0.3 is 0 Å². The van der Waals surface area contributed by atoms with Crippen LogP contribution in [-0.4, -0.2) is 21.8 Å². The van der Waals surface area contributed by atoms with Gasteiger partial charge in [0, 0.05) is 18.3 Å². The Hall–Kier alpha value is -2.16. The molecule has 1 aromatic heterocycles. The van der Waals surface area contributed by atoms with Crippen LogP contribution in [0.3, 0.4) is 0 Å². The van der Waals surface area contributed by atoms with Gasteiger partial charge in [0.25, 0.3) is 5.91 Å². The van der Waals surface area contributed by atoms with Gasteiger partial charge in [-0.1, -0.05) is 37.3 Å². The standard InChI is InChI=1S/C19H24N2O/c1-5-15(3)21(13-17-9-7-6-8-10-17)19(22)18-12-11-14(2)20-16(18)4/h6-12,15H,5,13H2,1-4H3. The first kappa shape index (κ1) is 16.2. The highest BCUT2D eigenvalue weighted by atomic mass is 16.2. The second-order valence-electron chi connectivity index (χ2n) is 5.76. The number of aryl methyl sites for hydroxylation is 2. The number of carbonyl (C=O) groups is 1. The Balaban J connectivity index is 2.30. The van der Waals surface area contributed by atoms with Crippen LogP contribution in [0.2, 0.25) is 0 Å². The predicted molar refractivity (Wildman–Crippen MR) is 89.8 cm³/mol. The molecule has 116 valence electrons. The zero-order chi connectivity index (χ0) is 16.1. The molecule has 1 unspecified atom stereocenters. The SMILES string of the molecule is CCC(C)N(Cc1ccccc1)C(=O)c1ccc(C)nc1C. The summed E-state index contributed by atoms with van der Waals surface area (Å²) in [4.78, 5) is 19.3. The van der Waals surface area contributed by atoms with Gasteiger partial charge in [-0.05, 0) is 44.9 Å². The summed E-state index contributed by atoms with van der Waals surface area (Å²) >= 11 is 0. The summed E-state index contributed by atoms with van der Waals surface area (Å²) in [6, 6.07) is 14.1. The molecule has 0 saturated carbocycles. The third-order valence-corrected chi connectivity index (χ3v) is 4.03. The number of carbonyl (C=O) groups excluding carboxylic acids is 1. The molecule has 3 nitrogen and oxygen atoms in total. The van der Waals surface area contributed by atoms with Gasteiger partial charge in [-0.2, -0.15) is 0 Å². The van der Waals surface area contributed by atoms with Crippen LogP contribution in [0, 0.1) is 13.8 Å². The first-order valence-corrected chi connectivity index (χ1v) is 7.82. The third-order valence-electron chi connectivity index (χ3n) is 4.03. The fraction of sp³-hybridized carbons (Fsp3) is 0.368. The molecule has 0 saturated heterocycles. The van der Waals surface area contributed by atoms with Crippen molar-refractivity contribution in [1.82, 2.24) is 9.88 Å². The van der Waals surface area contributed by atoms with Crippen LogP contribution in [0.4, 0.5) is 0 Å². The smallest absolute Gasteiger partial charge is 0.256 e. The van der Waals surface area contributed by atoms with Crippen molar-refractivity contribution in [3.63, 3.8) is 0 Å². The molecule has 0 spiro atoms. The monoisotopic (exact) mass is 296 g/mol. The van der Waals surface area contributed by atoms with E-state index in [1.165, 1.54) is 0 Å². The van der Waals surface area contributed by atoms with Gasteiger partial charge in [-0.3, -0.25) is 9.78 Å². The summed E-state index contributed by atoms with van der Waals surface area (Å²) in [5.74, 6) is 0.0585. The molecule has 0 fully saturated rings. The lowest BCUT2D eigenvalue weighted by Gasteiger charge is -2.29. The van der Waals surface area contributed by atoms with E-state index < -0.39 is 0 Å². The van der Waals surface area contributed by atoms with Crippen LogP contribution in [0.25, 0.3) is 0 Å². The molecule has 0 bridgehead atoms. The van der Waals surface area contributed by atoms with Gasteiger partial charge in [0.05, 0.1) is 11.3 Å². The third kappa shape index (κ3) is 3.73. The number of amides is 1. The van der Waals surface area contributed by atoms with E-state index >= 15 is 0 Å². The van der Waals surface area contributed by atoms with E-state index in [1.54, 1.807) is 0 Å². The van der Waals surface area contributed by atoms with E-state index in [0.717, 1.165) is 23.4 Å². The highest BCUT2D eigenvalue weighted by molar-refractivity contribution is 5.95. The Bertz CT molecular complexity index is 637. The maximum Gasteiger partial charge on any atom is 0.256 e. The first-order chi connectivity index (χ1) is 10.5. The lowest BCUT2D eigenvalue weighted by Crippen LogP contribution is -2.38. The number of rotatable bonds is 5. The van der Waals surface area contributed by atoms with Crippen molar-refractivity contribution in [2.75, 3.05) is 0 Å². The lowest BCUT2D eigenvalue weighted by molar-refractivity contribution is 0.0670. The summed E-state index contributed by atoms with van der Waals surface area (Å²) in [5.41, 5.74) is 3.58. The van der Waals surface area contributed by atoms with Crippen molar-refractivity contribution >= 4 is 5.91 Å². The normalized spacial score (nSPS) is 12.0. The molecular formula is C19H24N2O. The zero-order valence-electron chi connectivity index (χ0n) is 13.8. The Morgan fingerprint density at radius 3 is 2.41 bits per heavy atom. The second-order valence-corrected chi connectivity index (χ2v) is 5.76. The Morgan fingerprint density at radius 2 is 1.82 bits per heavy atom. The molecular weight excluding hydrogens is 272 g/mol. The molecule has 1 aromatic carbocycles. The maximum absolute atomic E-state index is 13.0. The van der Waals surface area contributed by atoms with Crippen molar-refractivity contribution < 1.29 is 4.79 Å². The summed E-state index contributed by atoms with van der Waals surface area (Å²) in [6.45, 7) is 8.67. The zero-order valence-corrected chi connectivity index (χ0v) is 13.8. The number of benzene rings is 1. The maximum atomic E-state index is 13.0. The van der Waals surface area contributed by atoms with Crippen molar-refractivity contribution in [2.24, 2.45) is 0 Å².